The molecule has 4 heteroatoms. The van der Waals surface area contributed by atoms with Crippen molar-refractivity contribution in [2.24, 2.45) is 5.92 Å². The van der Waals surface area contributed by atoms with Gasteiger partial charge in [0, 0.05) is 24.0 Å². The minimum atomic E-state index is 0. The minimum Gasteiger partial charge on any atom is -0.345 e. The summed E-state index contributed by atoms with van der Waals surface area (Å²) in [5, 5.41) is 0. The fourth-order valence-electron chi connectivity index (χ4n) is 3.67. The number of imidazole rings is 1. The van der Waals surface area contributed by atoms with Gasteiger partial charge in [0.15, 0.2) is 11.3 Å². The molecule has 2 atom stereocenters. The lowest BCUT2D eigenvalue weighted by Gasteiger charge is -2.17. The van der Waals surface area contributed by atoms with E-state index in [2.05, 4.69) is 38.5 Å². The molecule has 4 rings (SSSR count). The first-order chi connectivity index (χ1) is 9.38. The Morgan fingerprint density at radius 2 is 2.20 bits per heavy atom. The van der Waals surface area contributed by atoms with Gasteiger partial charge in [-0.1, -0.05) is 27.2 Å². The molecule has 1 saturated carbocycles. The molecule has 1 aliphatic carbocycles. The fraction of sp³-hybridized carbons (Fsp3) is 0.500. The van der Waals surface area contributed by atoms with E-state index in [0.29, 0.717) is 5.92 Å². The molecule has 106 valence electrons. The molecular weight excluding hydrogens is 248 g/mol. The number of nitrogens with zero attached hydrogens (tertiary/aromatic N) is 3. The van der Waals surface area contributed by atoms with Gasteiger partial charge in [0.2, 0.25) is 0 Å². The van der Waals surface area contributed by atoms with E-state index in [0.717, 1.165) is 22.7 Å². The quantitative estimate of drug-likeness (QED) is 0.760. The molecule has 1 fully saturated rings. The minimum absolute atomic E-state index is 0. The summed E-state index contributed by atoms with van der Waals surface area (Å²) in [7, 11) is 0. The molecule has 1 N–H and O–H groups in total. The summed E-state index contributed by atoms with van der Waals surface area (Å²) in [6.45, 7) is 2.31. The molecule has 0 amide bonds. The second-order valence-electron chi connectivity index (χ2n) is 5.55. The number of fused-ring (bicyclic) bond motifs is 3. The molecule has 0 bridgehead atoms. The van der Waals surface area contributed by atoms with E-state index < -0.39 is 0 Å². The molecule has 1 aliphatic rings. The van der Waals surface area contributed by atoms with Crippen LogP contribution in [0.3, 0.4) is 0 Å². The highest BCUT2D eigenvalue weighted by molar-refractivity contribution is 5.74. The molecule has 3 aromatic heterocycles. The lowest BCUT2D eigenvalue weighted by atomic mass is 9.91. The normalized spacial score (nSPS) is 22.4. The first kappa shape index (κ1) is 13.2. The highest BCUT2D eigenvalue weighted by Gasteiger charge is 2.29. The van der Waals surface area contributed by atoms with Crippen LogP contribution in [0.4, 0.5) is 0 Å². The van der Waals surface area contributed by atoms with E-state index in [9.17, 15) is 0 Å². The summed E-state index contributed by atoms with van der Waals surface area (Å²) in [6, 6.07) is 2.09. The standard InChI is InChI=1S/C15H18N4.CH4/c1-2-10-4-3-5-11(10)13-8-17-14-9-18-15-12(19(13)14)6-7-16-15;/h6-11,16H,2-5H2,1H3;1H4/t10-,11+;/m1./s1. The summed E-state index contributed by atoms with van der Waals surface area (Å²) >= 11 is 0. The number of nitrogens with one attached hydrogen (secondary N) is 1. The average Bonchev–Trinajstić information content (AvgIpc) is 3.15. The zero-order valence-corrected chi connectivity index (χ0v) is 11.1. The summed E-state index contributed by atoms with van der Waals surface area (Å²) in [5.74, 6) is 1.46. The Bertz CT molecular complexity index is 724. The van der Waals surface area contributed by atoms with Crippen molar-refractivity contribution in [2.75, 3.05) is 0 Å². The van der Waals surface area contributed by atoms with Gasteiger partial charge < -0.3 is 4.98 Å². The number of H-pyrrole nitrogens is 1. The van der Waals surface area contributed by atoms with Crippen LogP contribution in [-0.2, 0) is 0 Å². The summed E-state index contributed by atoms with van der Waals surface area (Å²) in [6.07, 6.45) is 11.1. The zero-order chi connectivity index (χ0) is 12.8. The Hall–Kier alpha value is -1.84. The van der Waals surface area contributed by atoms with Crippen molar-refractivity contribution in [3.63, 3.8) is 0 Å². The molecule has 0 aromatic carbocycles. The monoisotopic (exact) mass is 270 g/mol. The first-order valence-corrected chi connectivity index (χ1v) is 7.18. The smallest absolute Gasteiger partial charge is 0.156 e. The highest BCUT2D eigenvalue weighted by atomic mass is 15.1. The highest BCUT2D eigenvalue weighted by Crippen LogP contribution is 2.41. The van der Waals surface area contributed by atoms with Crippen LogP contribution in [0.2, 0.25) is 0 Å². The molecule has 0 aliphatic heterocycles. The molecule has 0 spiro atoms. The van der Waals surface area contributed by atoms with Gasteiger partial charge in [0.25, 0.3) is 0 Å². The third-order valence-corrected chi connectivity index (χ3v) is 4.63. The van der Waals surface area contributed by atoms with Crippen LogP contribution < -0.4 is 0 Å². The van der Waals surface area contributed by atoms with Gasteiger partial charge in [-0.2, -0.15) is 0 Å². The Morgan fingerprint density at radius 3 is 3.05 bits per heavy atom. The molecule has 3 aromatic rings. The topological polar surface area (TPSA) is 46.0 Å². The molecule has 20 heavy (non-hydrogen) atoms. The number of hydrogen-bond donors (Lipinski definition) is 1. The van der Waals surface area contributed by atoms with E-state index in [-0.39, 0.29) is 7.43 Å². The largest absolute Gasteiger partial charge is 0.345 e. The van der Waals surface area contributed by atoms with Crippen LogP contribution in [-0.4, -0.2) is 19.4 Å². The lowest BCUT2D eigenvalue weighted by molar-refractivity contribution is 0.461. The Balaban J connectivity index is 0.00000121. The van der Waals surface area contributed by atoms with Crippen LogP contribution in [0, 0.1) is 5.92 Å². The van der Waals surface area contributed by atoms with Crippen molar-refractivity contribution >= 4 is 16.8 Å². The van der Waals surface area contributed by atoms with Gasteiger partial charge >= 0.3 is 0 Å². The van der Waals surface area contributed by atoms with Crippen molar-refractivity contribution in [3.8, 4) is 0 Å². The molecule has 0 saturated heterocycles. The van der Waals surface area contributed by atoms with E-state index >= 15 is 0 Å². The zero-order valence-electron chi connectivity index (χ0n) is 11.1. The molecular formula is C16H22N4. The van der Waals surface area contributed by atoms with Gasteiger partial charge in [-0.25, -0.2) is 9.97 Å². The number of aromatic amines is 1. The molecule has 0 radical (unpaired) electrons. The maximum Gasteiger partial charge on any atom is 0.156 e. The third kappa shape index (κ3) is 1.74. The molecule has 0 unspecified atom stereocenters. The fourth-order valence-corrected chi connectivity index (χ4v) is 3.67. The second kappa shape index (κ2) is 4.93. The van der Waals surface area contributed by atoms with Gasteiger partial charge in [0.05, 0.1) is 11.7 Å². The van der Waals surface area contributed by atoms with Crippen LogP contribution >= 0.6 is 0 Å². The van der Waals surface area contributed by atoms with E-state index in [1.165, 1.54) is 31.4 Å². The average molecular weight is 270 g/mol. The van der Waals surface area contributed by atoms with Crippen molar-refractivity contribution < 1.29 is 0 Å². The molecule has 4 nitrogen and oxygen atoms in total. The van der Waals surface area contributed by atoms with Crippen LogP contribution in [0.1, 0.15) is 51.6 Å². The van der Waals surface area contributed by atoms with Gasteiger partial charge in [-0.15, -0.1) is 0 Å². The van der Waals surface area contributed by atoms with Crippen LogP contribution in [0.5, 0.6) is 0 Å². The maximum atomic E-state index is 4.55. The summed E-state index contributed by atoms with van der Waals surface area (Å²) < 4.78 is 2.29. The summed E-state index contributed by atoms with van der Waals surface area (Å²) in [5.41, 5.74) is 4.42. The number of aromatic nitrogens is 4. The second-order valence-corrected chi connectivity index (χ2v) is 5.55. The van der Waals surface area contributed by atoms with Crippen molar-refractivity contribution in [2.45, 2.75) is 46.0 Å². The summed E-state index contributed by atoms with van der Waals surface area (Å²) in [4.78, 5) is 12.1. The Kier molecular flexibility index (Phi) is 3.24. The van der Waals surface area contributed by atoms with Crippen molar-refractivity contribution in [1.82, 2.24) is 19.4 Å². The van der Waals surface area contributed by atoms with E-state index in [1.807, 2.05) is 12.4 Å². The molecule has 3 heterocycles. The van der Waals surface area contributed by atoms with Gasteiger partial charge in [-0.05, 0) is 24.8 Å². The number of rotatable bonds is 2. The van der Waals surface area contributed by atoms with Gasteiger partial charge in [-0.3, -0.25) is 4.40 Å². The number of hydrogen-bond acceptors (Lipinski definition) is 2. The Labute approximate surface area is 119 Å². The van der Waals surface area contributed by atoms with Crippen LogP contribution in [0.25, 0.3) is 16.8 Å². The van der Waals surface area contributed by atoms with Crippen molar-refractivity contribution in [3.05, 3.63) is 30.4 Å². The predicted molar refractivity (Wildman–Crippen MR) is 81.9 cm³/mol. The Morgan fingerprint density at radius 1 is 1.30 bits per heavy atom. The third-order valence-electron chi connectivity index (χ3n) is 4.63. The maximum absolute atomic E-state index is 4.55. The van der Waals surface area contributed by atoms with Crippen LogP contribution in [0.15, 0.2) is 24.7 Å². The van der Waals surface area contributed by atoms with E-state index in [4.69, 9.17) is 0 Å². The van der Waals surface area contributed by atoms with Crippen molar-refractivity contribution in [1.29, 1.82) is 0 Å². The van der Waals surface area contributed by atoms with Gasteiger partial charge in [0.1, 0.15) is 0 Å². The van der Waals surface area contributed by atoms with E-state index in [1.54, 1.807) is 0 Å². The lowest BCUT2D eigenvalue weighted by Crippen LogP contribution is -2.08. The SMILES string of the molecule is C.CC[C@@H]1CCC[C@@H]1c1cnc2cnc3[nH]ccc3n12. The predicted octanol–water partition coefficient (Wildman–Crippen LogP) is 4.14. The first-order valence-electron chi connectivity index (χ1n) is 7.18.